The van der Waals surface area contributed by atoms with Crippen molar-refractivity contribution in [2.24, 2.45) is 9.50 Å². The summed E-state index contributed by atoms with van der Waals surface area (Å²) in [4.78, 5) is 44.9. The molecule has 222 valence electrons. The van der Waals surface area contributed by atoms with Crippen LogP contribution in [0.5, 0.6) is 0 Å². The fourth-order valence-corrected chi connectivity index (χ4v) is 6.69. The van der Waals surface area contributed by atoms with Crippen molar-refractivity contribution in [3.8, 4) is 0 Å². The van der Waals surface area contributed by atoms with Gasteiger partial charge in [-0.05, 0) is 81.0 Å². The van der Waals surface area contributed by atoms with Crippen molar-refractivity contribution in [1.29, 1.82) is 5.41 Å². The summed E-state index contributed by atoms with van der Waals surface area (Å²) < 4.78 is 16.6. The van der Waals surface area contributed by atoms with Gasteiger partial charge < -0.3 is 10.6 Å². The molecule has 0 radical (unpaired) electrons. The Morgan fingerprint density at radius 1 is 1.17 bits per heavy atom. The predicted molar refractivity (Wildman–Crippen MR) is 162 cm³/mol. The number of carbonyl (C=O) groups excluding carboxylic acids is 3. The molecule has 12 heteroatoms. The number of aryl methyl sites for hydroxylation is 1. The molecule has 1 unspecified atom stereocenters. The van der Waals surface area contributed by atoms with E-state index in [-0.39, 0.29) is 30.3 Å². The molecule has 0 spiro atoms. The Kier molecular flexibility index (Phi) is 7.56. The first-order valence-corrected chi connectivity index (χ1v) is 15.7. The zero-order chi connectivity index (χ0) is 30.4. The highest BCUT2D eigenvalue weighted by molar-refractivity contribution is 8.06. The van der Waals surface area contributed by atoms with Crippen LogP contribution in [0, 0.1) is 5.41 Å². The van der Waals surface area contributed by atoms with Crippen LogP contribution in [0.3, 0.4) is 0 Å². The quantitative estimate of drug-likeness (QED) is 0.173. The van der Waals surface area contributed by atoms with Gasteiger partial charge in [-0.3, -0.25) is 24.9 Å². The van der Waals surface area contributed by atoms with Gasteiger partial charge in [0.1, 0.15) is 5.04 Å². The number of amides is 4. The van der Waals surface area contributed by atoms with Gasteiger partial charge in [-0.1, -0.05) is 32.0 Å². The maximum absolute atomic E-state index is 13.0. The van der Waals surface area contributed by atoms with E-state index in [4.69, 9.17) is 15.5 Å². The monoisotopic (exact) mass is 591 g/mol. The Hall–Kier alpha value is -3.90. The first kappa shape index (κ1) is 29.6. The highest BCUT2D eigenvalue weighted by Crippen LogP contribution is 2.44. The fraction of sp³-hybridized carbons (Fsp3) is 0.433. The highest BCUT2D eigenvalue weighted by Gasteiger charge is 2.44. The number of imide groups is 1. The van der Waals surface area contributed by atoms with Gasteiger partial charge in [0.05, 0.1) is 16.8 Å². The van der Waals surface area contributed by atoms with Crippen molar-refractivity contribution in [3.63, 3.8) is 0 Å². The molecule has 0 fully saturated rings. The molecule has 0 saturated heterocycles. The van der Waals surface area contributed by atoms with Crippen LogP contribution in [0.4, 0.5) is 10.5 Å². The second-order valence-electron chi connectivity index (χ2n) is 12.2. The van der Waals surface area contributed by atoms with E-state index in [9.17, 15) is 18.6 Å². The molecular formula is C30H37N7O4S. The number of anilines is 1. The van der Waals surface area contributed by atoms with Crippen LogP contribution in [0.2, 0.25) is 0 Å². The van der Waals surface area contributed by atoms with Crippen LogP contribution in [0.15, 0.2) is 40.9 Å². The minimum absolute atomic E-state index is 0.0925. The van der Waals surface area contributed by atoms with E-state index in [0.29, 0.717) is 16.8 Å². The number of urea groups is 1. The average Bonchev–Trinajstić information content (AvgIpc) is 3.53. The molecular weight excluding hydrogens is 554 g/mol. The summed E-state index contributed by atoms with van der Waals surface area (Å²) in [7, 11) is -3.82. The van der Waals surface area contributed by atoms with Crippen molar-refractivity contribution >= 4 is 38.5 Å². The van der Waals surface area contributed by atoms with Crippen LogP contribution in [-0.2, 0) is 44.8 Å². The molecule has 5 rings (SSSR count). The van der Waals surface area contributed by atoms with Crippen LogP contribution < -0.4 is 15.8 Å². The number of fused-ring (bicyclic) bond motifs is 3. The van der Waals surface area contributed by atoms with Gasteiger partial charge >= 0.3 is 6.03 Å². The third-order valence-corrected chi connectivity index (χ3v) is 9.62. The Labute approximate surface area is 246 Å². The molecule has 2 heterocycles. The molecule has 42 heavy (non-hydrogen) atoms. The molecule has 1 aromatic heterocycles. The third-order valence-electron chi connectivity index (χ3n) is 8.42. The number of benzene rings is 1. The molecule has 1 aromatic carbocycles. The minimum atomic E-state index is -3.82. The summed E-state index contributed by atoms with van der Waals surface area (Å²) in [6.07, 6.45) is 6.78. The molecule has 3 aliphatic rings. The number of nitrogens with two attached hydrogens (primary N) is 1. The normalized spacial score (nSPS) is 19.6. The van der Waals surface area contributed by atoms with Crippen molar-refractivity contribution in [3.05, 3.63) is 70.2 Å². The lowest BCUT2D eigenvalue weighted by atomic mass is 9.77. The number of nitrogens with zero attached hydrogens (tertiary/aromatic N) is 3. The van der Waals surface area contributed by atoms with Gasteiger partial charge in [-0.25, -0.2) is 14.1 Å². The van der Waals surface area contributed by atoms with Crippen molar-refractivity contribution in [2.45, 2.75) is 70.6 Å². The van der Waals surface area contributed by atoms with E-state index in [1.54, 1.807) is 38.1 Å². The summed E-state index contributed by atoms with van der Waals surface area (Å²) in [6.45, 7) is 8.14. The van der Waals surface area contributed by atoms with Crippen LogP contribution in [0.25, 0.3) is 0 Å². The maximum Gasteiger partial charge on any atom is 0.354 e. The summed E-state index contributed by atoms with van der Waals surface area (Å²) in [5.74, 6) is -0.661. The van der Waals surface area contributed by atoms with Gasteiger partial charge in [0.25, 0.3) is 5.91 Å². The molecule has 0 saturated carbocycles. The average molecular weight is 592 g/mol. The van der Waals surface area contributed by atoms with Gasteiger partial charge in [0.15, 0.2) is 9.92 Å². The van der Waals surface area contributed by atoms with Gasteiger partial charge in [-0.15, -0.1) is 4.36 Å². The smallest absolute Gasteiger partial charge is 0.354 e. The van der Waals surface area contributed by atoms with Gasteiger partial charge in [0, 0.05) is 29.8 Å². The summed E-state index contributed by atoms with van der Waals surface area (Å²) in [5.41, 5.74) is 4.89. The maximum atomic E-state index is 13.0. The molecule has 0 bridgehead atoms. The second kappa shape index (κ2) is 10.7. The number of carbonyl (C=O) groups is 3. The second-order valence-corrected chi connectivity index (χ2v) is 13.9. The largest absolute Gasteiger partial charge is 0.389 e. The topological polar surface area (TPSA) is 171 Å². The third kappa shape index (κ3) is 5.24. The van der Waals surface area contributed by atoms with Gasteiger partial charge in [-0.2, -0.15) is 0 Å². The molecule has 1 atom stereocenters. The van der Waals surface area contributed by atoms with E-state index in [1.807, 2.05) is 0 Å². The Morgan fingerprint density at radius 3 is 2.67 bits per heavy atom. The highest BCUT2D eigenvalue weighted by atomic mass is 32.2. The molecule has 4 amide bonds. The lowest BCUT2D eigenvalue weighted by Crippen LogP contribution is -2.53. The van der Waals surface area contributed by atoms with Crippen molar-refractivity contribution in [1.82, 2.24) is 15.2 Å². The fourth-order valence-electron chi connectivity index (χ4n) is 6.04. The number of hydrogen-bond donors (Lipinski definition) is 4. The first-order valence-electron chi connectivity index (χ1n) is 14.1. The first-order chi connectivity index (χ1) is 19.7. The van der Waals surface area contributed by atoms with E-state index in [1.165, 1.54) is 11.1 Å². The number of aromatic nitrogens is 1. The number of nitrogens with one attached hydrogen (secondary N) is 3. The Balaban J connectivity index is 1.22. The Bertz CT molecular complexity index is 1670. The summed E-state index contributed by atoms with van der Waals surface area (Å²) >= 11 is 0. The zero-order valence-corrected chi connectivity index (χ0v) is 25.2. The number of hydrogen-bond acceptors (Lipinski definition) is 7. The van der Waals surface area contributed by atoms with E-state index >= 15 is 0 Å². The summed E-state index contributed by atoms with van der Waals surface area (Å²) in [6, 6.07) is 6.20. The van der Waals surface area contributed by atoms with E-state index in [2.05, 4.69) is 28.8 Å². The van der Waals surface area contributed by atoms with Crippen LogP contribution in [0.1, 0.15) is 79.0 Å². The standard InChI is InChI=1S/C30H37N7O4S/c1-29(2)14-12-20-24(19-9-7-11-22(19)34-25(20)29)35-28(40)36-42(32,41)23(31)13-15-33-16-17-37-26(38)18-8-5-6-10-21(18)30(3,4)27(37)39/h5-6,8,10,13,15,31,33H,7,9,11-12,14,16-17H2,1-4H3,(H3,32,34,35,36,40,41)/b15-13-,31-23?. The lowest BCUT2D eigenvalue weighted by molar-refractivity contribution is -0.134. The molecule has 11 nitrogen and oxygen atoms in total. The molecule has 1 aliphatic heterocycles. The van der Waals surface area contributed by atoms with Crippen LogP contribution >= 0.6 is 0 Å². The Morgan fingerprint density at radius 2 is 1.90 bits per heavy atom. The molecule has 2 aromatic rings. The van der Waals surface area contributed by atoms with Crippen LogP contribution in [-0.4, -0.2) is 50.1 Å². The summed E-state index contributed by atoms with van der Waals surface area (Å²) in [5, 5.41) is 19.1. The molecule has 5 N–H and O–H groups in total. The predicted octanol–water partition coefficient (Wildman–Crippen LogP) is 3.71. The SMILES string of the molecule is CC1(C)CCc2c1nc1c(c2NC(=O)N=S(N)(=O)C(=N)/C=C\NCCN2C(=O)c3ccccc3C(C)(C)C2=O)CCC1. The minimum Gasteiger partial charge on any atom is -0.389 e. The lowest BCUT2D eigenvalue weighted by Gasteiger charge is -2.37. The number of rotatable bonds is 6. The van der Waals surface area contributed by atoms with Crippen molar-refractivity contribution < 1.29 is 18.6 Å². The zero-order valence-electron chi connectivity index (χ0n) is 24.4. The van der Waals surface area contributed by atoms with E-state index < -0.39 is 26.4 Å². The number of pyridine rings is 1. The van der Waals surface area contributed by atoms with Gasteiger partial charge in [0.2, 0.25) is 5.91 Å². The molecule has 2 aliphatic carbocycles. The van der Waals surface area contributed by atoms with Crippen molar-refractivity contribution in [2.75, 3.05) is 18.4 Å². The van der Waals surface area contributed by atoms with E-state index in [0.717, 1.165) is 60.7 Å².